The van der Waals surface area contributed by atoms with Crippen LogP contribution < -0.4 is 9.47 Å². The van der Waals surface area contributed by atoms with E-state index in [1.54, 1.807) is 0 Å². The molecule has 5 heteroatoms. The fraction of sp³-hybridized carbons (Fsp3) is 0.250. The van der Waals surface area contributed by atoms with Crippen molar-refractivity contribution in [2.24, 2.45) is 0 Å². The van der Waals surface area contributed by atoms with Gasteiger partial charge in [-0.2, -0.15) is 0 Å². The SMILES string of the molecule is Clc1ccc(Br)cc1C(Cl)c1ccc2c(c1)OCCCO2. The Morgan fingerprint density at radius 3 is 2.57 bits per heavy atom. The van der Waals surface area contributed by atoms with Crippen LogP contribution in [-0.4, -0.2) is 13.2 Å². The molecule has 0 saturated carbocycles. The second kappa shape index (κ2) is 6.47. The summed E-state index contributed by atoms with van der Waals surface area (Å²) in [5.74, 6) is 1.50. The molecular formula is C16H13BrCl2O2. The van der Waals surface area contributed by atoms with Gasteiger partial charge in [-0.25, -0.2) is 0 Å². The Hall–Kier alpha value is -0.900. The lowest BCUT2D eigenvalue weighted by molar-refractivity contribution is 0.297. The molecule has 2 aromatic rings. The number of alkyl halides is 1. The van der Waals surface area contributed by atoms with Crippen LogP contribution in [0.1, 0.15) is 22.9 Å². The zero-order chi connectivity index (χ0) is 14.8. The number of fused-ring (bicyclic) bond motifs is 1. The molecule has 2 aromatic carbocycles. The Morgan fingerprint density at radius 2 is 1.76 bits per heavy atom. The van der Waals surface area contributed by atoms with E-state index in [1.807, 2.05) is 36.4 Å². The molecule has 0 spiro atoms. The van der Waals surface area contributed by atoms with Crippen LogP contribution in [0.25, 0.3) is 0 Å². The highest BCUT2D eigenvalue weighted by Gasteiger charge is 2.18. The molecule has 2 nitrogen and oxygen atoms in total. The largest absolute Gasteiger partial charge is 0.490 e. The molecule has 0 saturated heterocycles. The third kappa shape index (κ3) is 3.31. The van der Waals surface area contributed by atoms with Crippen LogP contribution in [0, 0.1) is 0 Å². The highest BCUT2D eigenvalue weighted by atomic mass is 79.9. The molecule has 0 radical (unpaired) electrons. The lowest BCUT2D eigenvalue weighted by Gasteiger charge is -2.15. The Morgan fingerprint density at radius 1 is 1.00 bits per heavy atom. The molecule has 0 amide bonds. The third-order valence-electron chi connectivity index (χ3n) is 3.30. The van der Waals surface area contributed by atoms with E-state index in [0.29, 0.717) is 18.2 Å². The van der Waals surface area contributed by atoms with Gasteiger partial charge in [0.15, 0.2) is 11.5 Å². The number of halogens is 3. The first kappa shape index (κ1) is 15.0. The van der Waals surface area contributed by atoms with Crippen LogP contribution in [0.3, 0.4) is 0 Å². The first-order chi connectivity index (χ1) is 10.1. The predicted molar refractivity (Wildman–Crippen MR) is 88.9 cm³/mol. The van der Waals surface area contributed by atoms with Crippen molar-refractivity contribution in [2.75, 3.05) is 13.2 Å². The first-order valence-electron chi connectivity index (χ1n) is 6.64. The van der Waals surface area contributed by atoms with Crippen molar-refractivity contribution < 1.29 is 9.47 Å². The summed E-state index contributed by atoms with van der Waals surface area (Å²) >= 11 is 16.3. The molecule has 0 fully saturated rings. The van der Waals surface area contributed by atoms with Gasteiger partial charge in [0.05, 0.1) is 18.6 Å². The van der Waals surface area contributed by atoms with Crippen LogP contribution in [0.2, 0.25) is 5.02 Å². The Kier molecular flexibility index (Phi) is 4.63. The molecule has 1 heterocycles. The molecular weight excluding hydrogens is 375 g/mol. The average molecular weight is 388 g/mol. The summed E-state index contributed by atoms with van der Waals surface area (Å²) in [6.07, 6.45) is 0.881. The number of hydrogen-bond acceptors (Lipinski definition) is 2. The van der Waals surface area contributed by atoms with Gasteiger partial charge in [0, 0.05) is 15.9 Å². The molecule has 0 aromatic heterocycles. The lowest BCUT2D eigenvalue weighted by Crippen LogP contribution is -1.98. The molecule has 3 rings (SSSR count). The fourth-order valence-corrected chi connectivity index (χ4v) is 3.20. The Labute approximate surface area is 142 Å². The summed E-state index contributed by atoms with van der Waals surface area (Å²) in [5.41, 5.74) is 1.79. The lowest BCUT2D eigenvalue weighted by atomic mass is 10.0. The van der Waals surface area contributed by atoms with Gasteiger partial charge in [0.25, 0.3) is 0 Å². The van der Waals surface area contributed by atoms with Crippen molar-refractivity contribution in [3.63, 3.8) is 0 Å². The van der Waals surface area contributed by atoms with E-state index in [4.69, 9.17) is 32.7 Å². The van der Waals surface area contributed by atoms with E-state index < -0.39 is 0 Å². The highest BCUT2D eigenvalue weighted by Crippen LogP contribution is 2.39. The third-order valence-corrected chi connectivity index (χ3v) is 4.62. The maximum Gasteiger partial charge on any atom is 0.161 e. The fourth-order valence-electron chi connectivity index (χ4n) is 2.23. The van der Waals surface area contributed by atoms with Gasteiger partial charge < -0.3 is 9.47 Å². The van der Waals surface area contributed by atoms with Crippen LogP contribution in [0.4, 0.5) is 0 Å². The van der Waals surface area contributed by atoms with Crippen LogP contribution in [0.15, 0.2) is 40.9 Å². The molecule has 0 N–H and O–H groups in total. The number of ether oxygens (including phenoxy) is 2. The number of rotatable bonds is 2. The zero-order valence-electron chi connectivity index (χ0n) is 11.1. The van der Waals surface area contributed by atoms with Crippen molar-refractivity contribution in [3.05, 3.63) is 57.0 Å². The quantitative estimate of drug-likeness (QED) is 0.625. The summed E-state index contributed by atoms with van der Waals surface area (Å²) in [5, 5.41) is 0.303. The maximum atomic E-state index is 6.59. The van der Waals surface area contributed by atoms with E-state index >= 15 is 0 Å². The summed E-state index contributed by atoms with van der Waals surface area (Å²) in [6, 6.07) is 11.4. The summed E-state index contributed by atoms with van der Waals surface area (Å²) in [6.45, 7) is 1.33. The van der Waals surface area contributed by atoms with E-state index in [1.165, 1.54) is 0 Å². The summed E-state index contributed by atoms with van der Waals surface area (Å²) in [4.78, 5) is 0. The van der Waals surface area contributed by atoms with Crippen molar-refractivity contribution in [1.82, 2.24) is 0 Å². The minimum Gasteiger partial charge on any atom is -0.490 e. The minimum atomic E-state index is -0.341. The van der Waals surface area contributed by atoms with Gasteiger partial charge in [0.2, 0.25) is 0 Å². The van der Waals surface area contributed by atoms with Gasteiger partial charge in [0.1, 0.15) is 0 Å². The van der Waals surface area contributed by atoms with Crippen LogP contribution in [0.5, 0.6) is 11.5 Å². The predicted octanol–water partition coefficient (Wildman–Crippen LogP) is 5.59. The minimum absolute atomic E-state index is 0.341. The number of hydrogen-bond donors (Lipinski definition) is 0. The van der Waals surface area contributed by atoms with Crippen molar-refractivity contribution in [1.29, 1.82) is 0 Å². The highest BCUT2D eigenvalue weighted by molar-refractivity contribution is 9.10. The maximum absolute atomic E-state index is 6.59. The van der Waals surface area contributed by atoms with Crippen molar-refractivity contribution in [3.8, 4) is 11.5 Å². The van der Waals surface area contributed by atoms with E-state index in [9.17, 15) is 0 Å². The van der Waals surface area contributed by atoms with Gasteiger partial charge in [-0.3, -0.25) is 0 Å². The standard InChI is InChI=1S/C16H13BrCl2O2/c17-11-3-4-13(18)12(9-11)16(19)10-2-5-14-15(8-10)21-7-1-6-20-14/h2-5,8-9,16H,1,6-7H2. The molecule has 1 aliphatic heterocycles. The monoisotopic (exact) mass is 386 g/mol. The number of benzene rings is 2. The molecule has 1 atom stereocenters. The normalized spacial score (nSPS) is 15.4. The molecule has 1 aliphatic rings. The second-order valence-electron chi connectivity index (χ2n) is 4.79. The van der Waals surface area contributed by atoms with E-state index in [2.05, 4.69) is 15.9 Å². The van der Waals surface area contributed by atoms with E-state index in [0.717, 1.165) is 33.5 Å². The zero-order valence-corrected chi connectivity index (χ0v) is 14.2. The first-order valence-corrected chi connectivity index (χ1v) is 8.24. The topological polar surface area (TPSA) is 18.5 Å². The van der Waals surface area contributed by atoms with Crippen LogP contribution >= 0.6 is 39.1 Å². The summed E-state index contributed by atoms with van der Waals surface area (Å²) in [7, 11) is 0. The molecule has 21 heavy (non-hydrogen) atoms. The molecule has 1 unspecified atom stereocenters. The molecule has 0 bridgehead atoms. The smallest absolute Gasteiger partial charge is 0.161 e. The van der Waals surface area contributed by atoms with Gasteiger partial charge in [-0.05, 0) is 41.5 Å². The van der Waals surface area contributed by atoms with Crippen molar-refractivity contribution >= 4 is 39.1 Å². The van der Waals surface area contributed by atoms with Crippen molar-refractivity contribution in [2.45, 2.75) is 11.8 Å². The summed E-state index contributed by atoms with van der Waals surface area (Å²) < 4.78 is 12.3. The van der Waals surface area contributed by atoms with Gasteiger partial charge >= 0.3 is 0 Å². The Balaban J connectivity index is 1.96. The average Bonchev–Trinajstić information content (AvgIpc) is 2.73. The second-order valence-corrected chi connectivity index (χ2v) is 6.54. The molecule has 110 valence electrons. The van der Waals surface area contributed by atoms with Gasteiger partial charge in [-0.1, -0.05) is 33.6 Å². The van der Waals surface area contributed by atoms with Crippen LogP contribution in [-0.2, 0) is 0 Å². The van der Waals surface area contributed by atoms with Gasteiger partial charge in [-0.15, -0.1) is 11.6 Å². The molecule has 0 aliphatic carbocycles. The van der Waals surface area contributed by atoms with E-state index in [-0.39, 0.29) is 5.38 Å². The Bertz CT molecular complexity index is 661.